The van der Waals surface area contributed by atoms with Crippen LogP contribution in [0, 0.1) is 0 Å². The van der Waals surface area contributed by atoms with Crippen LogP contribution in [0.5, 0.6) is 0 Å². The van der Waals surface area contributed by atoms with Crippen LogP contribution < -0.4 is 5.32 Å². The molecule has 1 aliphatic heterocycles. The van der Waals surface area contributed by atoms with E-state index in [9.17, 15) is 0 Å². The van der Waals surface area contributed by atoms with E-state index < -0.39 is 0 Å². The molecule has 0 aromatic heterocycles. The van der Waals surface area contributed by atoms with Gasteiger partial charge in [0.15, 0.2) is 0 Å². The number of aliphatic imine (C=N–C) groups is 1. The van der Waals surface area contributed by atoms with Crippen LogP contribution >= 0.6 is 0 Å². The number of hydrogen-bond acceptors (Lipinski definition) is 2. The Kier molecular flexibility index (Phi) is 6.13. The molecule has 0 fully saturated rings. The zero-order chi connectivity index (χ0) is 10.1. The zero-order valence-electron chi connectivity index (χ0n) is 9.26. The van der Waals surface area contributed by atoms with Crippen molar-refractivity contribution in [1.29, 1.82) is 0 Å². The Morgan fingerprint density at radius 3 is 2.93 bits per heavy atom. The van der Waals surface area contributed by atoms with Gasteiger partial charge in [0.1, 0.15) is 5.84 Å². The summed E-state index contributed by atoms with van der Waals surface area (Å²) < 4.78 is 0. The number of rotatable bonds is 7. The summed E-state index contributed by atoms with van der Waals surface area (Å²) in [6, 6.07) is 0. The summed E-state index contributed by atoms with van der Waals surface area (Å²) in [6.07, 6.45) is 12.2. The third-order valence-electron chi connectivity index (χ3n) is 2.45. The third kappa shape index (κ3) is 5.05. The molecule has 0 atom stereocenters. The van der Waals surface area contributed by atoms with E-state index in [2.05, 4.69) is 29.4 Å². The molecule has 0 saturated carbocycles. The molecule has 1 N–H and O–H groups in total. The van der Waals surface area contributed by atoms with Crippen molar-refractivity contribution in [3.63, 3.8) is 0 Å². The normalized spacial score (nSPS) is 15.9. The van der Waals surface area contributed by atoms with E-state index in [0.29, 0.717) is 0 Å². The molecular formula is C12H22N2. The predicted molar refractivity (Wildman–Crippen MR) is 62.8 cm³/mol. The molecule has 2 nitrogen and oxygen atoms in total. The van der Waals surface area contributed by atoms with Gasteiger partial charge in [-0.3, -0.25) is 4.99 Å². The molecule has 0 radical (unpaired) electrons. The SMILES string of the molecule is CCCCCC/C=C/CC1=NCCN1. The molecule has 0 amide bonds. The summed E-state index contributed by atoms with van der Waals surface area (Å²) in [4.78, 5) is 4.34. The topological polar surface area (TPSA) is 24.4 Å². The minimum atomic E-state index is 0.958. The molecule has 2 heteroatoms. The Morgan fingerprint density at radius 1 is 1.29 bits per heavy atom. The van der Waals surface area contributed by atoms with Crippen LogP contribution in [0.15, 0.2) is 17.1 Å². The van der Waals surface area contributed by atoms with E-state index in [4.69, 9.17) is 0 Å². The number of amidine groups is 1. The Morgan fingerprint density at radius 2 is 2.21 bits per heavy atom. The van der Waals surface area contributed by atoms with Crippen molar-refractivity contribution in [3.8, 4) is 0 Å². The lowest BCUT2D eigenvalue weighted by Crippen LogP contribution is -2.17. The standard InChI is InChI=1S/C12H22N2/c1-2-3-4-5-6-7-8-9-12-13-10-11-14-12/h7-8H,2-6,9-11H2,1H3,(H,13,14)/b8-7+. The van der Waals surface area contributed by atoms with Gasteiger partial charge >= 0.3 is 0 Å². The van der Waals surface area contributed by atoms with Crippen LogP contribution in [0.1, 0.15) is 45.4 Å². The smallest absolute Gasteiger partial charge is 0.100 e. The summed E-state index contributed by atoms with van der Waals surface area (Å²) in [5, 5.41) is 3.27. The molecule has 1 heterocycles. The van der Waals surface area contributed by atoms with Gasteiger partial charge in [0.2, 0.25) is 0 Å². The van der Waals surface area contributed by atoms with Gasteiger partial charge in [0, 0.05) is 13.0 Å². The summed E-state index contributed by atoms with van der Waals surface area (Å²) in [5.41, 5.74) is 0. The molecule has 1 rings (SSSR count). The fourth-order valence-corrected chi connectivity index (χ4v) is 1.59. The second kappa shape index (κ2) is 7.60. The van der Waals surface area contributed by atoms with E-state index in [1.54, 1.807) is 0 Å². The monoisotopic (exact) mass is 194 g/mol. The van der Waals surface area contributed by atoms with Crippen LogP contribution in [0.4, 0.5) is 0 Å². The minimum absolute atomic E-state index is 0.958. The van der Waals surface area contributed by atoms with Gasteiger partial charge in [-0.25, -0.2) is 0 Å². The molecule has 0 bridgehead atoms. The molecule has 0 aromatic carbocycles. The number of unbranched alkanes of at least 4 members (excludes halogenated alkanes) is 4. The van der Waals surface area contributed by atoms with Gasteiger partial charge in [-0.2, -0.15) is 0 Å². The van der Waals surface area contributed by atoms with Gasteiger partial charge < -0.3 is 5.32 Å². The largest absolute Gasteiger partial charge is 0.372 e. The lowest BCUT2D eigenvalue weighted by atomic mass is 10.1. The molecule has 0 aromatic rings. The molecule has 1 aliphatic rings. The summed E-state index contributed by atoms with van der Waals surface area (Å²) in [5.74, 6) is 1.16. The van der Waals surface area contributed by atoms with E-state index >= 15 is 0 Å². The van der Waals surface area contributed by atoms with Crippen LogP contribution in [-0.2, 0) is 0 Å². The van der Waals surface area contributed by atoms with Gasteiger partial charge in [-0.05, 0) is 12.8 Å². The Labute approximate surface area is 87.5 Å². The molecule has 80 valence electrons. The lowest BCUT2D eigenvalue weighted by molar-refractivity contribution is 0.674. The summed E-state index contributed by atoms with van der Waals surface area (Å²) in [7, 11) is 0. The van der Waals surface area contributed by atoms with Gasteiger partial charge in [0.05, 0.1) is 6.54 Å². The molecule has 0 spiro atoms. The van der Waals surface area contributed by atoms with Gasteiger partial charge in [0.25, 0.3) is 0 Å². The Balaban J connectivity index is 1.92. The van der Waals surface area contributed by atoms with Gasteiger partial charge in [-0.1, -0.05) is 38.3 Å². The molecule has 14 heavy (non-hydrogen) atoms. The van der Waals surface area contributed by atoms with E-state index in [1.807, 2.05) is 0 Å². The van der Waals surface area contributed by atoms with Crippen LogP contribution in [0.3, 0.4) is 0 Å². The summed E-state index contributed by atoms with van der Waals surface area (Å²) >= 11 is 0. The molecule has 0 unspecified atom stereocenters. The van der Waals surface area contributed by atoms with E-state index in [-0.39, 0.29) is 0 Å². The first-order valence-corrected chi connectivity index (χ1v) is 5.85. The highest BCUT2D eigenvalue weighted by atomic mass is 15.1. The average Bonchev–Trinajstić information content (AvgIpc) is 2.69. The molecular weight excluding hydrogens is 172 g/mol. The second-order valence-electron chi connectivity index (χ2n) is 3.78. The fourth-order valence-electron chi connectivity index (χ4n) is 1.59. The number of allylic oxidation sites excluding steroid dienone is 1. The number of hydrogen-bond donors (Lipinski definition) is 1. The van der Waals surface area contributed by atoms with Crippen LogP contribution in [0.2, 0.25) is 0 Å². The van der Waals surface area contributed by atoms with Crippen molar-refractivity contribution in [2.75, 3.05) is 13.1 Å². The minimum Gasteiger partial charge on any atom is -0.372 e. The third-order valence-corrected chi connectivity index (χ3v) is 2.45. The highest BCUT2D eigenvalue weighted by Crippen LogP contribution is 2.03. The Bertz CT molecular complexity index is 194. The van der Waals surface area contributed by atoms with Gasteiger partial charge in [-0.15, -0.1) is 0 Å². The van der Waals surface area contributed by atoms with Crippen molar-refractivity contribution in [2.45, 2.75) is 45.4 Å². The van der Waals surface area contributed by atoms with Crippen LogP contribution in [-0.4, -0.2) is 18.9 Å². The van der Waals surface area contributed by atoms with Crippen molar-refractivity contribution in [2.24, 2.45) is 4.99 Å². The van der Waals surface area contributed by atoms with Crippen LogP contribution in [0.25, 0.3) is 0 Å². The first-order valence-electron chi connectivity index (χ1n) is 5.85. The van der Waals surface area contributed by atoms with E-state index in [0.717, 1.165) is 25.3 Å². The van der Waals surface area contributed by atoms with Crippen molar-refractivity contribution in [3.05, 3.63) is 12.2 Å². The maximum atomic E-state index is 4.34. The average molecular weight is 194 g/mol. The fraction of sp³-hybridized carbons (Fsp3) is 0.750. The first-order chi connectivity index (χ1) is 6.93. The second-order valence-corrected chi connectivity index (χ2v) is 3.78. The predicted octanol–water partition coefficient (Wildman–Crippen LogP) is 2.90. The van der Waals surface area contributed by atoms with Crippen molar-refractivity contribution >= 4 is 5.84 Å². The van der Waals surface area contributed by atoms with E-state index in [1.165, 1.54) is 32.1 Å². The first kappa shape index (κ1) is 11.3. The maximum Gasteiger partial charge on any atom is 0.100 e. The van der Waals surface area contributed by atoms with Crippen molar-refractivity contribution in [1.82, 2.24) is 5.32 Å². The molecule has 0 saturated heterocycles. The Hall–Kier alpha value is -0.790. The highest BCUT2D eigenvalue weighted by molar-refractivity contribution is 5.84. The number of nitrogens with one attached hydrogen (secondary N) is 1. The number of nitrogens with zero attached hydrogens (tertiary/aromatic N) is 1. The zero-order valence-corrected chi connectivity index (χ0v) is 9.26. The quantitative estimate of drug-likeness (QED) is 0.489. The van der Waals surface area contributed by atoms with Crippen molar-refractivity contribution < 1.29 is 0 Å². The lowest BCUT2D eigenvalue weighted by Gasteiger charge is -1.96. The highest BCUT2D eigenvalue weighted by Gasteiger charge is 2.00. The summed E-state index contributed by atoms with van der Waals surface area (Å²) in [6.45, 7) is 4.24. The maximum absolute atomic E-state index is 4.34. The molecule has 0 aliphatic carbocycles.